The van der Waals surface area contributed by atoms with Crippen molar-refractivity contribution in [3.05, 3.63) is 46.7 Å². The van der Waals surface area contributed by atoms with Crippen LogP contribution in [0.1, 0.15) is 23.2 Å². The molecule has 2 aromatic rings. The van der Waals surface area contributed by atoms with Gasteiger partial charge in [0.1, 0.15) is 0 Å². The Morgan fingerprint density at radius 1 is 1.14 bits per heavy atom. The number of anilines is 2. The summed E-state index contributed by atoms with van der Waals surface area (Å²) in [5, 5.41) is 2.80. The number of nitrogens with zero attached hydrogens (tertiary/aromatic N) is 3. The molecule has 0 unspecified atom stereocenters. The number of carbonyl (C=O) groups is 1. The minimum absolute atomic E-state index is 0.181. The second-order valence-electron chi connectivity index (χ2n) is 4.90. The third kappa shape index (κ3) is 3.21. The normalized spacial score (nSPS) is 14.2. The maximum atomic E-state index is 12.2. The van der Waals surface area contributed by atoms with Crippen LogP contribution in [0.2, 0.25) is 0 Å². The molecule has 0 radical (unpaired) electrons. The Bertz CT molecular complexity index is 638. The fourth-order valence-electron chi connectivity index (χ4n) is 2.31. The average Bonchev–Trinajstić information content (AvgIpc) is 3.02. The Hall–Kier alpha value is -1.95. The fraction of sp³-hybridized carbons (Fsp3) is 0.267. The van der Waals surface area contributed by atoms with Gasteiger partial charge in [-0.05, 0) is 40.9 Å². The highest BCUT2D eigenvalue weighted by Crippen LogP contribution is 2.19. The average molecular weight is 347 g/mol. The molecule has 6 heteroatoms. The number of hydrogen-bond donors (Lipinski definition) is 1. The van der Waals surface area contributed by atoms with Crippen molar-refractivity contribution in [1.29, 1.82) is 0 Å². The molecule has 0 spiro atoms. The van der Waals surface area contributed by atoms with Gasteiger partial charge in [0.25, 0.3) is 5.91 Å². The van der Waals surface area contributed by atoms with Gasteiger partial charge in [0.15, 0.2) is 0 Å². The topological polar surface area (TPSA) is 58.1 Å². The van der Waals surface area contributed by atoms with Gasteiger partial charge in [0, 0.05) is 17.6 Å². The van der Waals surface area contributed by atoms with E-state index in [-0.39, 0.29) is 5.91 Å². The van der Waals surface area contributed by atoms with Gasteiger partial charge >= 0.3 is 0 Å². The van der Waals surface area contributed by atoms with Crippen LogP contribution in [0, 0.1) is 0 Å². The van der Waals surface area contributed by atoms with E-state index >= 15 is 0 Å². The van der Waals surface area contributed by atoms with Crippen LogP contribution in [0.5, 0.6) is 0 Å². The summed E-state index contributed by atoms with van der Waals surface area (Å²) >= 11 is 3.37. The molecule has 1 N–H and O–H groups in total. The third-order valence-electron chi connectivity index (χ3n) is 3.40. The quantitative estimate of drug-likeness (QED) is 0.927. The largest absolute Gasteiger partial charge is 0.341 e. The Kier molecular flexibility index (Phi) is 4.15. The number of halogens is 1. The standard InChI is InChI=1S/C15H15BrN4O/c16-13-6-2-1-5-12(13)14(21)19-11-9-17-15(18-10-11)20-7-3-4-8-20/h1-2,5-6,9-10H,3-4,7-8H2,(H,19,21). The maximum absolute atomic E-state index is 12.2. The summed E-state index contributed by atoms with van der Waals surface area (Å²) in [4.78, 5) is 23.0. The first kappa shape index (κ1) is 14.0. The van der Waals surface area contributed by atoms with Crippen molar-refractivity contribution in [3.8, 4) is 0 Å². The number of rotatable bonds is 3. The van der Waals surface area contributed by atoms with Crippen LogP contribution < -0.4 is 10.2 Å². The molecule has 0 bridgehead atoms. The van der Waals surface area contributed by atoms with Crippen LogP contribution in [-0.4, -0.2) is 29.0 Å². The van der Waals surface area contributed by atoms with Crippen LogP contribution in [0.3, 0.4) is 0 Å². The van der Waals surface area contributed by atoms with E-state index in [9.17, 15) is 4.79 Å². The second-order valence-corrected chi connectivity index (χ2v) is 5.75. The first-order valence-corrected chi connectivity index (χ1v) is 7.66. The Labute approximate surface area is 131 Å². The van der Waals surface area contributed by atoms with Crippen molar-refractivity contribution in [2.24, 2.45) is 0 Å². The molecule has 0 aliphatic carbocycles. The van der Waals surface area contributed by atoms with Crippen LogP contribution in [0.15, 0.2) is 41.1 Å². The lowest BCUT2D eigenvalue weighted by Gasteiger charge is -2.14. The Balaban J connectivity index is 1.70. The molecule has 1 aliphatic heterocycles. The monoisotopic (exact) mass is 346 g/mol. The van der Waals surface area contributed by atoms with E-state index in [2.05, 4.69) is 36.1 Å². The van der Waals surface area contributed by atoms with E-state index in [4.69, 9.17) is 0 Å². The summed E-state index contributed by atoms with van der Waals surface area (Å²) in [7, 11) is 0. The highest BCUT2D eigenvalue weighted by atomic mass is 79.9. The molecule has 5 nitrogen and oxygen atoms in total. The van der Waals surface area contributed by atoms with Gasteiger partial charge < -0.3 is 10.2 Å². The van der Waals surface area contributed by atoms with Crippen molar-refractivity contribution < 1.29 is 4.79 Å². The van der Waals surface area contributed by atoms with Gasteiger partial charge in [-0.15, -0.1) is 0 Å². The first-order valence-electron chi connectivity index (χ1n) is 6.87. The zero-order chi connectivity index (χ0) is 14.7. The second kappa shape index (κ2) is 6.22. The molecule has 108 valence electrons. The van der Waals surface area contributed by atoms with E-state index in [1.165, 1.54) is 12.8 Å². The smallest absolute Gasteiger partial charge is 0.256 e. The molecule has 1 aliphatic rings. The lowest BCUT2D eigenvalue weighted by atomic mass is 10.2. The van der Waals surface area contributed by atoms with E-state index in [1.807, 2.05) is 18.2 Å². The molecule has 2 heterocycles. The molecular weight excluding hydrogens is 332 g/mol. The van der Waals surface area contributed by atoms with Gasteiger partial charge in [-0.3, -0.25) is 4.79 Å². The lowest BCUT2D eigenvalue weighted by Crippen LogP contribution is -2.20. The molecule has 1 saturated heterocycles. The summed E-state index contributed by atoms with van der Waals surface area (Å²) < 4.78 is 0.761. The highest BCUT2D eigenvalue weighted by molar-refractivity contribution is 9.10. The van der Waals surface area contributed by atoms with Gasteiger partial charge in [0.05, 0.1) is 23.6 Å². The minimum Gasteiger partial charge on any atom is -0.341 e. The van der Waals surface area contributed by atoms with E-state index in [1.54, 1.807) is 18.5 Å². The maximum Gasteiger partial charge on any atom is 0.256 e. The van der Waals surface area contributed by atoms with E-state index < -0.39 is 0 Å². The van der Waals surface area contributed by atoms with Crippen molar-refractivity contribution in [1.82, 2.24) is 9.97 Å². The van der Waals surface area contributed by atoms with Crippen LogP contribution in [-0.2, 0) is 0 Å². The molecule has 1 amide bonds. The van der Waals surface area contributed by atoms with E-state index in [0.29, 0.717) is 11.3 Å². The van der Waals surface area contributed by atoms with Crippen LogP contribution in [0.25, 0.3) is 0 Å². The predicted molar refractivity (Wildman–Crippen MR) is 85.6 cm³/mol. The third-order valence-corrected chi connectivity index (χ3v) is 4.09. The van der Waals surface area contributed by atoms with Gasteiger partial charge in [-0.1, -0.05) is 12.1 Å². The zero-order valence-electron chi connectivity index (χ0n) is 11.4. The minimum atomic E-state index is -0.181. The predicted octanol–water partition coefficient (Wildman–Crippen LogP) is 3.09. The van der Waals surface area contributed by atoms with Crippen LogP contribution >= 0.6 is 15.9 Å². The molecule has 1 aromatic heterocycles. The van der Waals surface area contributed by atoms with Gasteiger partial charge in [0.2, 0.25) is 5.95 Å². The summed E-state index contributed by atoms with van der Waals surface area (Å²) in [6, 6.07) is 7.29. The number of amides is 1. The number of carbonyl (C=O) groups excluding carboxylic acids is 1. The molecular formula is C15H15BrN4O. The van der Waals surface area contributed by atoms with Gasteiger partial charge in [-0.2, -0.15) is 0 Å². The fourth-order valence-corrected chi connectivity index (χ4v) is 2.77. The zero-order valence-corrected chi connectivity index (χ0v) is 13.0. The molecule has 0 saturated carbocycles. The first-order chi connectivity index (χ1) is 10.2. The number of benzene rings is 1. The summed E-state index contributed by atoms with van der Waals surface area (Å²) in [6.07, 6.45) is 5.67. The highest BCUT2D eigenvalue weighted by Gasteiger charge is 2.15. The molecule has 1 aromatic carbocycles. The SMILES string of the molecule is O=C(Nc1cnc(N2CCCC2)nc1)c1ccccc1Br. The Morgan fingerprint density at radius 3 is 2.48 bits per heavy atom. The summed E-state index contributed by atoms with van der Waals surface area (Å²) in [5.74, 6) is 0.548. The number of nitrogens with one attached hydrogen (secondary N) is 1. The lowest BCUT2D eigenvalue weighted by molar-refractivity contribution is 0.102. The van der Waals surface area contributed by atoms with Gasteiger partial charge in [-0.25, -0.2) is 9.97 Å². The summed E-state index contributed by atoms with van der Waals surface area (Å²) in [6.45, 7) is 2.01. The van der Waals surface area contributed by atoms with Crippen molar-refractivity contribution in [3.63, 3.8) is 0 Å². The van der Waals surface area contributed by atoms with Crippen molar-refractivity contribution in [2.45, 2.75) is 12.8 Å². The number of aromatic nitrogens is 2. The Morgan fingerprint density at radius 2 is 1.81 bits per heavy atom. The molecule has 1 fully saturated rings. The van der Waals surface area contributed by atoms with E-state index in [0.717, 1.165) is 23.5 Å². The molecule has 0 atom stereocenters. The molecule has 21 heavy (non-hydrogen) atoms. The summed E-state index contributed by atoms with van der Waals surface area (Å²) in [5.41, 5.74) is 1.18. The molecule has 3 rings (SSSR count). The van der Waals surface area contributed by atoms with Crippen molar-refractivity contribution >= 4 is 33.5 Å². The number of hydrogen-bond acceptors (Lipinski definition) is 4. The van der Waals surface area contributed by atoms with Crippen molar-refractivity contribution in [2.75, 3.05) is 23.3 Å². The van der Waals surface area contributed by atoms with Crippen LogP contribution in [0.4, 0.5) is 11.6 Å².